The molecule has 2 N–H and O–H groups in total. The lowest BCUT2D eigenvalue weighted by atomic mass is 10.1. The van der Waals surface area contributed by atoms with Gasteiger partial charge in [0.1, 0.15) is 0 Å². The van der Waals surface area contributed by atoms with Gasteiger partial charge >= 0.3 is 0 Å². The van der Waals surface area contributed by atoms with Crippen LogP contribution >= 0.6 is 0 Å². The zero-order valence-corrected chi connectivity index (χ0v) is 14.9. The number of amides is 1. The first-order valence-corrected chi connectivity index (χ1v) is 8.17. The summed E-state index contributed by atoms with van der Waals surface area (Å²) in [6, 6.07) is 9.11. The first kappa shape index (κ1) is 19.0. The van der Waals surface area contributed by atoms with Crippen LogP contribution in [0.3, 0.4) is 0 Å². The van der Waals surface area contributed by atoms with E-state index in [4.69, 9.17) is 9.47 Å². The molecule has 2 aromatic rings. The molecule has 0 aliphatic rings. The number of nitrogens with zero attached hydrogens (tertiary/aromatic N) is 1. The second-order valence-electron chi connectivity index (χ2n) is 5.22. The highest BCUT2D eigenvalue weighted by molar-refractivity contribution is 6.08. The van der Waals surface area contributed by atoms with Crippen LogP contribution in [-0.2, 0) is 0 Å². The van der Waals surface area contributed by atoms with Crippen molar-refractivity contribution in [3.8, 4) is 11.5 Å². The van der Waals surface area contributed by atoms with Crippen molar-refractivity contribution in [2.45, 2.75) is 13.8 Å². The molecule has 0 saturated carbocycles. The van der Waals surface area contributed by atoms with E-state index >= 15 is 0 Å². The predicted molar refractivity (Wildman–Crippen MR) is 99.4 cm³/mol. The molecule has 0 unspecified atom stereocenters. The number of nitro groups is 1. The molecular formula is C18H21N3O5. The smallest absolute Gasteiger partial charge is 0.270 e. The minimum absolute atomic E-state index is 0.157. The maximum Gasteiger partial charge on any atom is 0.270 e. The topological polar surface area (TPSA) is 103 Å². The number of nitro benzene ring substituents is 1. The Kier molecular flexibility index (Phi) is 6.37. The monoisotopic (exact) mass is 359 g/mol. The summed E-state index contributed by atoms with van der Waals surface area (Å²) in [6.07, 6.45) is 0. The molecule has 0 radical (unpaired) electrons. The zero-order valence-electron chi connectivity index (χ0n) is 14.9. The number of hydrogen-bond donors (Lipinski definition) is 2. The van der Waals surface area contributed by atoms with Crippen molar-refractivity contribution in [1.29, 1.82) is 0 Å². The van der Waals surface area contributed by atoms with Crippen molar-refractivity contribution in [1.82, 2.24) is 0 Å². The molecule has 1 amide bonds. The van der Waals surface area contributed by atoms with E-state index in [-0.39, 0.29) is 11.3 Å². The average Bonchev–Trinajstić information content (AvgIpc) is 2.63. The molecule has 8 heteroatoms. The summed E-state index contributed by atoms with van der Waals surface area (Å²) in [4.78, 5) is 23.0. The van der Waals surface area contributed by atoms with Gasteiger partial charge in [-0.25, -0.2) is 0 Å². The maximum absolute atomic E-state index is 12.6. The fourth-order valence-electron chi connectivity index (χ4n) is 2.38. The number of carbonyl (C=O) groups is 1. The standard InChI is InChI=1S/C18H21N3O5/c1-4-25-16-9-6-12(10-17(16)26-5-2)20-18(22)14-11-13(21(23)24)7-8-15(14)19-3/h6-11,19H,4-5H2,1-3H3,(H,20,22). The Morgan fingerprint density at radius 3 is 2.38 bits per heavy atom. The van der Waals surface area contributed by atoms with Crippen LogP contribution in [0.2, 0.25) is 0 Å². The van der Waals surface area contributed by atoms with E-state index in [2.05, 4.69) is 10.6 Å². The van der Waals surface area contributed by atoms with Crippen LogP contribution in [0.1, 0.15) is 24.2 Å². The predicted octanol–water partition coefficient (Wildman–Crippen LogP) is 3.69. The van der Waals surface area contributed by atoms with Crippen LogP contribution in [0.15, 0.2) is 36.4 Å². The molecule has 0 bridgehead atoms. The number of carbonyl (C=O) groups excluding carboxylic acids is 1. The fourth-order valence-corrected chi connectivity index (χ4v) is 2.38. The molecule has 0 aromatic heterocycles. The largest absolute Gasteiger partial charge is 0.490 e. The van der Waals surface area contributed by atoms with Gasteiger partial charge in [0.2, 0.25) is 0 Å². The van der Waals surface area contributed by atoms with E-state index < -0.39 is 10.8 Å². The highest BCUT2D eigenvalue weighted by atomic mass is 16.6. The lowest BCUT2D eigenvalue weighted by molar-refractivity contribution is -0.384. The summed E-state index contributed by atoms with van der Waals surface area (Å²) < 4.78 is 11.0. The van der Waals surface area contributed by atoms with Crippen molar-refractivity contribution in [2.75, 3.05) is 30.9 Å². The number of nitrogens with one attached hydrogen (secondary N) is 2. The van der Waals surface area contributed by atoms with Gasteiger partial charge in [0.15, 0.2) is 11.5 Å². The van der Waals surface area contributed by atoms with E-state index in [1.165, 1.54) is 18.2 Å². The molecule has 0 saturated heterocycles. The average molecular weight is 359 g/mol. The van der Waals surface area contributed by atoms with Crippen molar-refractivity contribution in [3.63, 3.8) is 0 Å². The van der Waals surface area contributed by atoms with Crippen LogP contribution in [0, 0.1) is 10.1 Å². The molecule has 26 heavy (non-hydrogen) atoms. The van der Waals surface area contributed by atoms with Crippen LogP contribution in [-0.4, -0.2) is 31.1 Å². The van der Waals surface area contributed by atoms with Gasteiger partial charge in [-0.3, -0.25) is 14.9 Å². The number of hydrogen-bond acceptors (Lipinski definition) is 6. The Balaban J connectivity index is 2.30. The summed E-state index contributed by atoms with van der Waals surface area (Å²) in [6.45, 7) is 4.66. The summed E-state index contributed by atoms with van der Waals surface area (Å²) in [5, 5.41) is 16.6. The van der Waals surface area contributed by atoms with Gasteiger partial charge in [-0.1, -0.05) is 0 Å². The maximum atomic E-state index is 12.6. The molecule has 138 valence electrons. The Hall–Kier alpha value is -3.29. The Morgan fingerprint density at radius 2 is 1.77 bits per heavy atom. The van der Waals surface area contributed by atoms with Gasteiger partial charge in [0.25, 0.3) is 11.6 Å². The number of rotatable bonds is 8. The van der Waals surface area contributed by atoms with E-state index in [9.17, 15) is 14.9 Å². The van der Waals surface area contributed by atoms with Gasteiger partial charge in [0.05, 0.1) is 23.7 Å². The van der Waals surface area contributed by atoms with E-state index in [1.807, 2.05) is 13.8 Å². The number of ether oxygens (including phenoxy) is 2. The Morgan fingerprint density at radius 1 is 1.08 bits per heavy atom. The quantitative estimate of drug-likeness (QED) is 0.550. The molecule has 0 atom stereocenters. The van der Waals surface area contributed by atoms with Gasteiger partial charge in [-0.2, -0.15) is 0 Å². The lowest BCUT2D eigenvalue weighted by Crippen LogP contribution is -2.14. The van der Waals surface area contributed by atoms with Crippen LogP contribution in [0.4, 0.5) is 17.1 Å². The van der Waals surface area contributed by atoms with Crippen LogP contribution in [0.25, 0.3) is 0 Å². The van der Waals surface area contributed by atoms with Gasteiger partial charge < -0.3 is 20.1 Å². The molecule has 0 aliphatic heterocycles. The summed E-state index contributed by atoms with van der Waals surface area (Å²) in [7, 11) is 1.64. The zero-order chi connectivity index (χ0) is 19.1. The highest BCUT2D eigenvalue weighted by Gasteiger charge is 2.17. The van der Waals surface area contributed by atoms with Crippen LogP contribution < -0.4 is 20.1 Å². The summed E-state index contributed by atoms with van der Waals surface area (Å²) in [5.41, 5.74) is 1.00. The Bertz CT molecular complexity index is 807. The molecule has 0 fully saturated rings. The first-order chi connectivity index (χ1) is 12.5. The number of non-ortho nitro benzene ring substituents is 1. The van der Waals surface area contributed by atoms with Crippen molar-refractivity contribution >= 4 is 23.0 Å². The number of anilines is 2. The van der Waals surface area contributed by atoms with Crippen molar-refractivity contribution in [3.05, 3.63) is 52.1 Å². The molecule has 2 aromatic carbocycles. The van der Waals surface area contributed by atoms with E-state index in [0.29, 0.717) is 36.1 Å². The fraction of sp³-hybridized carbons (Fsp3) is 0.278. The molecule has 8 nitrogen and oxygen atoms in total. The molecule has 0 heterocycles. The van der Waals surface area contributed by atoms with Crippen molar-refractivity contribution in [2.24, 2.45) is 0 Å². The van der Waals surface area contributed by atoms with E-state index in [0.717, 1.165) is 0 Å². The highest BCUT2D eigenvalue weighted by Crippen LogP contribution is 2.31. The third-order valence-electron chi connectivity index (χ3n) is 3.53. The third-order valence-corrected chi connectivity index (χ3v) is 3.53. The minimum atomic E-state index is -0.541. The van der Waals surface area contributed by atoms with Gasteiger partial charge in [0, 0.05) is 36.6 Å². The minimum Gasteiger partial charge on any atom is -0.490 e. The molecular weight excluding hydrogens is 338 g/mol. The molecule has 2 rings (SSSR count). The van der Waals surface area contributed by atoms with Crippen LogP contribution in [0.5, 0.6) is 11.5 Å². The normalized spacial score (nSPS) is 10.1. The second kappa shape index (κ2) is 8.70. The first-order valence-electron chi connectivity index (χ1n) is 8.17. The molecule has 0 spiro atoms. The van der Waals surface area contributed by atoms with Crippen molar-refractivity contribution < 1.29 is 19.2 Å². The second-order valence-corrected chi connectivity index (χ2v) is 5.22. The van der Waals surface area contributed by atoms with Gasteiger partial charge in [-0.15, -0.1) is 0 Å². The lowest BCUT2D eigenvalue weighted by Gasteiger charge is -2.14. The third kappa shape index (κ3) is 4.41. The van der Waals surface area contributed by atoms with E-state index in [1.54, 1.807) is 25.2 Å². The summed E-state index contributed by atoms with van der Waals surface area (Å²) >= 11 is 0. The van der Waals surface area contributed by atoms with Gasteiger partial charge in [-0.05, 0) is 32.0 Å². The SMILES string of the molecule is CCOc1ccc(NC(=O)c2cc([N+](=O)[O-])ccc2NC)cc1OCC. The summed E-state index contributed by atoms with van der Waals surface area (Å²) in [5.74, 6) is 0.628. The molecule has 0 aliphatic carbocycles. The number of benzene rings is 2. The Labute approximate surface area is 151 Å².